The highest BCUT2D eigenvalue weighted by molar-refractivity contribution is 6.30. The number of nitrogens with zero attached hydrogens (tertiary/aromatic N) is 3. The van der Waals surface area contributed by atoms with Gasteiger partial charge >= 0.3 is 0 Å². The minimum absolute atomic E-state index is 0.706. The van der Waals surface area contributed by atoms with Crippen LogP contribution in [0.25, 0.3) is 39.2 Å². The molecule has 0 spiro atoms. The van der Waals surface area contributed by atoms with E-state index in [-0.39, 0.29) is 0 Å². The molecule has 0 fully saturated rings. The van der Waals surface area contributed by atoms with Gasteiger partial charge in [0.1, 0.15) is 5.69 Å². The first kappa shape index (κ1) is 15.1. The number of benzene rings is 3. The van der Waals surface area contributed by atoms with E-state index in [9.17, 15) is 0 Å². The van der Waals surface area contributed by atoms with Gasteiger partial charge in [0.2, 0.25) is 0 Å². The number of aromatic nitrogens is 3. The first-order valence-electron chi connectivity index (χ1n) is 8.39. The summed E-state index contributed by atoms with van der Waals surface area (Å²) in [6, 6.07) is 26.1. The quantitative estimate of drug-likeness (QED) is 0.396. The second-order valence-electron chi connectivity index (χ2n) is 6.14. The van der Waals surface area contributed by atoms with Crippen LogP contribution in [-0.4, -0.2) is 14.4 Å². The average molecular weight is 356 g/mol. The Hall–Kier alpha value is -3.17. The van der Waals surface area contributed by atoms with Crippen LogP contribution in [0, 0.1) is 0 Å². The summed E-state index contributed by atoms with van der Waals surface area (Å²) in [5, 5.41) is 0.706. The van der Waals surface area contributed by atoms with Crippen LogP contribution < -0.4 is 0 Å². The van der Waals surface area contributed by atoms with E-state index < -0.39 is 0 Å². The molecule has 4 heteroatoms. The van der Waals surface area contributed by atoms with E-state index >= 15 is 0 Å². The van der Waals surface area contributed by atoms with Crippen LogP contribution in [0.5, 0.6) is 0 Å². The normalized spacial score (nSPS) is 11.3. The zero-order valence-corrected chi connectivity index (χ0v) is 14.6. The first-order valence-corrected chi connectivity index (χ1v) is 8.76. The smallest absolute Gasteiger partial charge is 0.164 e. The summed E-state index contributed by atoms with van der Waals surface area (Å²) in [5.41, 5.74) is 6.68. The van der Waals surface area contributed by atoms with Crippen LogP contribution >= 0.6 is 11.6 Å². The van der Waals surface area contributed by atoms with Gasteiger partial charge in [-0.15, -0.1) is 0 Å². The van der Waals surface area contributed by atoms with Crippen molar-refractivity contribution in [2.24, 2.45) is 0 Å². The van der Waals surface area contributed by atoms with E-state index in [1.165, 1.54) is 0 Å². The predicted octanol–water partition coefficient (Wildman–Crippen LogP) is 5.87. The number of hydrogen-bond donors (Lipinski definition) is 0. The van der Waals surface area contributed by atoms with Crippen molar-refractivity contribution in [2.45, 2.75) is 0 Å². The predicted molar refractivity (Wildman–Crippen MR) is 106 cm³/mol. The Labute approximate surface area is 155 Å². The Morgan fingerprint density at radius 2 is 1.42 bits per heavy atom. The molecule has 2 aromatic heterocycles. The Morgan fingerprint density at radius 1 is 0.692 bits per heavy atom. The third-order valence-corrected chi connectivity index (χ3v) is 4.73. The van der Waals surface area contributed by atoms with E-state index in [1.807, 2.05) is 60.7 Å². The molecule has 0 aliphatic heterocycles. The number of imidazole rings is 1. The van der Waals surface area contributed by atoms with Crippen molar-refractivity contribution in [1.29, 1.82) is 0 Å². The molecular weight excluding hydrogens is 342 g/mol. The lowest BCUT2D eigenvalue weighted by atomic mass is 10.1. The molecular formula is C22H14ClN3. The molecule has 0 radical (unpaired) electrons. The summed E-state index contributed by atoms with van der Waals surface area (Å²) in [6.45, 7) is 0. The molecule has 0 saturated heterocycles. The van der Waals surface area contributed by atoms with Gasteiger partial charge in [0.05, 0.1) is 16.7 Å². The Bertz CT molecular complexity index is 1230. The topological polar surface area (TPSA) is 30.2 Å². The molecule has 5 rings (SSSR count). The Balaban J connectivity index is 1.88. The van der Waals surface area contributed by atoms with E-state index in [1.54, 1.807) is 0 Å². The van der Waals surface area contributed by atoms with Crippen LogP contribution in [0.3, 0.4) is 0 Å². The zero-order valence-electron chi connectivity index (χ0n) is 13.8. The van der Waals surface area contributed by atoms with Gasteiger partial charge in [-0.2, -0.15) is 0 Å². The summed E-state index contributed by atoms with van der Waals surface area (Å²) < 4.78 is 2.12. The minimum atomic E-state index is 0.706. The molecule has 0 amide bonds. The van der Waals surface area contributed by atoms with Gasteiger partial charge in [0.25, 0.3) is 0 Å². The van der Waals surface area contributed by atoms with Crippen LogP contribution in [0.1, 0.15) is 0 Å². The first-order chi connectivity index (χ1) is 12.8. The minimum Gasteiger partial charge on any atom is -0.296 e. The molecule has 0 unspecified atom stereocenters. The van der Waals surface area contributed by atoms with Crippen LogP contribution in [0.4, 0.5) is 0 Å². The molecule has 0 saturated carbocycles. The van der Waals surface area contributed by atoms with Crippen LogP contribution in [0.2, 0.25) is 5.02 Å². The highest BCUT2D eigenvalue weighted by Gasteiger charge is 2.14. The molecule has 2 heterocycles. The SMILES string of the molecule is Clc1ccc(-c2nc(-c3ccccc3)cn3c2nc2ccccc23)cc1. The molecule has 124 valence electrons. The Kier molecular flexibility index (Phi) is 3.47. The number of halogens is 1. The van der Waals surface area contributed by atoms with E-state index in [2.05, 4.69) is 28.8 Å². The van der Waals surface area contributed by atoms with Crippen molar-refractivity contribution < 1.29 is 0 Å². The third-order valence-electron chi connectivity index (χ3n) is 4.48. The number of para-hydroxylation sites is 2. The fraction of sp³-hybridized carbons (Fsp3) is 0. The van der Waals surface area contributed by atoms with Crippen LogP contribution in [-0.2, 0) is 0 Å². The Morgan fingerprint density at radius 3 is 2.23 bits per heavy atom. The number of rotatable bonds is 2. The molecule has 0 atom stereocenters. The van der Waals surface area contributed by atoms with Crippen molar-refractivity contribution in [1.82, 2.24) is 14.4 Å². The lowest BCUT2D eigenvalue weighted by Gasteiger charge is -2.08. The van der Waals surface area contributed by atoms with Gasteiger partial charge in [-0.1, -0.05) is 66.2 Å². The molecule has 0 aliphatic rings. The molecule has 0 bridgehead atoms. The van der Waals surface area contributed by atoms with Crippen molar-refractivity contribution in [2.75, 3.05) is 0 Å². The lowest BCUT2D eigenvalue weighted by molar-refractivity contribution is 1.16. The van der Waals surface area contributed by atoms with Crippen molar-refractivity contribution in [3.63, 3.8) is 0 Å². The van der Waals surface area contributed by atoms with Gasteiger partial charge < -0.3 is 0 Å². The molecule has 0 N–H and O–H groups in total. The fourth-order valence-electron chi connectivity index (χ4n) is 3.21. The summed E-state index contributed by atoms with van der Waals surface area (Å²) in [7, 11) is 0. The second-order valence-corrected chi connectivity index (χ2v) is 6.58. The largest absolute Gasteiger partial charge is 0.296 e. The van der Waals surface area contributed by atoms with E-state index in [0.717, 1.165) is 39.2 Å². The van der Waals surface area contributed by atoms with E-state index in [0.29, 0.717) is 5.02 Å². The van der Waals surface area contributed by atoms with Crippen molar-refractivity contribution in [3.8, 4) is 22.5 Å². The van der Waals surface area contributed by atoms with Gasteiger partial charge in [-0.05, 0) is 24.3 Å². The second kappa shape index (κ2) is 5.97. The number of hydrogen-bond acceptors (Lipinski definition) is 2. The van der Waals surface area contributed by atoms with E-state index in [4.69, 9.17) is 21.6 Å². The van der Waals surface area contributed by atoms with Crippen LogP contribution in [0.15, 0.2) is 85.1 Å². The molecule has 0 aliphatic carbocycles. The van der Waals surface area contributed by atoms with Gasteiger partial charge in [0.15, 0.2) is 5.65 Å². The maximum atomic E-state index is 6.07. The maximum absolute atomic E-state index is 6.07. The monoisotopic (exact) mass is 355 g/mol. The van der Waals surface area contributed by atoms with Crippen molar-refractivity contribution >= 4 is 28.3 Å². The maximum Gasteiger partial charge on any atom is 0.164 e. The average Bonchev–Trinajstić information content (AvgIpc) is 3.07. The summed E-state index contributed by atoms with van der Waals surface area (Å²) in [4.78, 5) is 9.76. The fourth-order valence-corrected chi connectivity index (χ4v) is 3.34. The third kappa shape index (κ3) is 2.45. The van der Waals surface area contributed by atoms with Gasteiger partial charge in [-0.25, -0.2) is 9.97 Å². The van der Waals surface area contributed by atoms with Gasteiger partial charge in [0, 0.05) is 22.3 Å². The zero-order chi connectivity index (χ0) is 17.5. The number of fused-ring (bicyclic) bond motifs is 3. The molecule has 3 aromatic carbocycles. The van der Waals surface area contributed by atoms with Gasteiger partial charge in [-0.3, -0.25) is 4.40 Å². The lowest BCUT2D eigenvalue weighted by Crippen LogP contribution is -1.96. The summed E-state index contributed by atoms with van der Waals surface area (Å²) in [6.07, 6.45) is 2.05. The highest BCUT2D eigenvalue weighted by Crippen LogP contribution is 2.30. The summed E-state index contributed by atoms with van der Waals surface area (Å²) in [5.74, 6) is 0. The summed E-state index contributed by atoms with van der Waals surface area (Å²) >= 11 is 6.07. The molecule has 26 heavy (non-hydrogen) atoms. The van der Waals surface area contributed by atoms with Crippen molar-refractivity contribution in [3.05, 3.63) is 90.1 Å². The molecule has 3 nitrogen and oxygen atoms in total. The molecule has 5 aromatic rings. The highest BCUT2D eigenvalue weighted by atomic mass is 35.5. The standard InChI is InChI=1S/C22H14ClN3/c23-17-12-10-16(11-13-17)21-22-25-18-8-4-5-9-20(18)26(22)14-19(24-21)15-6-2-1-3-7-15/h1-14H.